The molecule has 1 nitrogen and oxygen atoms in total. The number of nitrogens with one attached hydrogen (secondary N) is 1. The van der Waals surface area contributed by atoms with Gasteiger partial charge in [0, 0.05) is 6.04 Å². The SMILES string of the molecule is C1=CC2C(C1)CC2NCCC1CC1. The van der Waals surface area contributed by atoms with Crippen molar-refractivity contribution in [1.29, 1.82) is 0 Å². The van der Waals surface area contributed by atoms with Crippen molar-refractivity contribution < 1.29 is 0 Å². The second kappa shape index (κ2) is 3.13. The molecule has 0 aromatic heterocycles. The zero-order valence-corrected chi connectivity index (χ0v) is 8.21. The first-order chi connectivity index (χ1) is 6.43. The average molecular weight is 177 g/mol. The Morgan fingerprint density at radius 3 is 3.00 bits per heavy atom. The molecule has 3 aliphatic rings. The molecule has 0 spiro atoms. The molecule has 0 aromatic rings. The van der Waals surface area contributed by atoms with Crippen LogP contribution in [0.1, 0.15) is 32.1 Å². The summed E-state index contributed by atoms with van der Waals surface area (Å²) in [4.78, 5) is 0. The van der Waals surface area contributed by atoms with Gasteiger partial charge in [-0.3, -0.25) is 0 Å². The first-order valence-corrected chi connectivity index (χ1v) is 5.83. The van der Waals surface area contributed by atoms with E-state index in [1.807, 2.05) is 0 Å². The van der Waals surface area contributed by atoms with Crippen molar-refractivity contribution in [3.63, 3.8) is 0 Å². The molecule has 0 saturated heterocycles. The number of rotatable bonds is 4. The van der Waals surface area contributed by atoms with Crippen LogP contribution in [0, 0.1) is 17.8 Å². The molecule has 2 saturated carbocycles. The lowest BCUT2D eigenvalue weighted by molar-refractivity contribution is 0.163. The Morgan fingerprint density at radius 1 is 1.31 bits per heavy atom. The minimum absolute atomic E-state index is 0.836. The Kier molecular flexibility index (Phi) is 1.93. The summed E-state index contributed by atoms with van der Waals surface area (Å²) >= 11 is 0. The molecule has 0 amide bonds. The summed E-state index contributed by atoms with van der Waals surface area (Å²) in [6, 6.07) is 0.836. The minimum atomic E-state index is 0.836. The monoisotopic (exact) mass is 177 g/mol. The van der Waals surface area contributed by atoms with Gasteiger partial charge in [0.05, 0.1) is 0 Å². The van der Waals surface area contributed by atoms with Crippen LogP contribution in [0.4, 0.5) is 0 Å². The molecule has 0 heterocycles. The first kappa shape index (κ1) is 8.05. The summed E-state index contributed by atoms with van der Waals surface area (Å²) in [5.74, 6) is 3.00. The van der Waals surface area contributed by atoms with E-state index in [4.69, 9.17) is 0 Å². The van der Waals surface area contributed by atoms with Crippen LogP contribution in [0.3, 0.4) is 0 Å². The highest BCUT2D eigenvalue weighted by molar-refractivity contribution is 5.12. The van der Waals surface area contributed by atoms with Crippen molar-refractivity contribution in [3.05, 3.63) is 12.2 Å². The summed E-state index contributed by atoms with van der Waals surface area (Å²) in [5.41, 5.74) is 0. The third-order valence-corrected chi connectivity index (χ3v) is 4.02. The number of hydrogen-bond acceptors (Lipinski definition) is 1. The second-order valence-corrected chi connectivity index (χ2v) is 5.03. The number of hydrogen-bond donors (Lipinski definition) is 1. The van der Waals surface area contributed by atoms with Crippen LogP contribution < -0.4 is 5.32 Å². The van der Waals surface area contributed by atoms with E-state index in [0.717, 1.165) is 23.8 Å². The highest BCUT2D eigenvalue weighted by atomic mass is 14.9. The molecule has 0 aliphatic heterocycles. The van der Waals surface area contributed by atoms with Gasteiger partial charge in [-0.2, -0.15) is 0 Å². The molecule has 0 bridgehead atoms. The molecular weight excluding hydrogens is 158 g/mol. The van der Waals surface area contributed by atoms with Gasteiger partial charge in [0.2, 0.25) is 0 Å². The van der Waals surface area contributed by atoms with Gasteiger partial charge in [-0.15, -0.1) is 0 Å². The van der Waals surface area contributed by atoms with Crippen molar-refractivity contribution in [3.8, 4) is 0 Å². The Bertz CT molecular complexity index is 217. The highest BCUT2D eigenvalue weighted by Crippen LogP contribution is 2.42. The van der Waals surface area contributed by atoms with E-state index in [1.54, 1.807) is 0 Å². The van der Waals surface area contributed by atoms with Gasteiger partial charge in [0.15, 0.2) is 0 Å². The van der Waals surface area contributed by atoms with Crippen LogP contribution in [0.5, 0.6) is 0 Å². The number of allylic oxidation sites excluding steroid dienone is 1. The molecule has 1 heteroatoms. The summed E-state index contributed by atoms with van der Waals surface area (Å²) in [5, 5.41) is 3.71. The Morgan fingerprint density at radius 2 is 2.23 bits per heavy atom. The largest absolute Gasteiger partial charge is 0.313 e. The molecule has 1 N–H and O–H groups in total. The molecule has 3 rings (SSSR count). The molecule has 0 aromatic carbocycles. The third-order valence-electron chi connectivity index (χ3n) is 4.02. The predicted octanol–water partition coefficient (Wildman–Crippen LogP) is 2.34. The molecule has 2 fully saturated rings. The van der Waals surface area contributed by atoms with Gasteiger partial charge >= 0.3 is 0 Å². The lowest BCUT2D eigenvalue weighted by Crippen LogP contribution is -2.48. The van der Waals surface area contributed by atoms with E-state index in [0.29, 0.717) is 0 Å². The Labute approximate surface area is 80.6 Å². The van der Waals surface area contributed by atoms with Crippen molar-refractivity contribution in [1.82, 2.24) is 5.32 Å². The molecule has 72 valence electrons. The fraction of sp³-hybridized carbons (Fsp3) is 0.833. The van der Waals surface area contributed by atoms with E-state index in [1.165, 1.54) is 38.6 Å². The fourth-order valence-electron chi connectivity index (χ4n) is 2.83. The zero-order valence-electron chi connectivity index (χ0n) is 8.21. The summed E-state index contributed by atoms with van der Waals surface area (Å²) < 4.78 is 0. The minimum Gasteiger partial charge on any atom is -0.313 e. The van der Waals surface area contributed by atoms with Crippen molar-refractivity contribution in [2.45, 2.75) is 38.1 Å². The van der Waals surface area contributed by atoms with Crippen molar-refractivity contribution >= 4 is 0 Å². The van der Waals surface area contributed by atoms with Gasteiger partial charge < -0.3 is 5.32 Å². The molecule has 13 heavy (non-hydrogen) atoms. The third kappa shape index (κ3) is 1.54. The van der Waals surface area contributed by atoms with Crippen LogP contribution in [-0.2, 0) is 0 Å². The standard InChI is InChI=1S/C12H19N/c1-2-10-8-12(11(10)3-1)13-7-6-9-4-5-9/h1,3,9-13H,2,4-8H2. The Balaban J connectivity index is 1.39. The maximum atomic E-state index is 3.71. The Hall–Kier alpha value is -0.300. The maximum Gasteiger partial charge on any atom is 0.0136 e. The van der Waals surface area contributed by atoms with Gasteiger partial charge in [-0.1, -0.05) is 25.0 Å². The molecule has 0 radical (unpaired) electrons. The normalized spacial score (nSPS) is 41.7. The molecule has 3 aliphatic carbocycles. The van der Waals surface area contributed by atoms with E-state index < -0.39 is 0 Å². The van der Waals surface area contributed by atoms with Gasteiger partial charge in [0.1, 0.15) is 0 Å². The van der Waals surface area contributed by atoms with E-state index in [9.17, 15) is 0 Å². The van der Waals surface area contributed by atoms with E-state index >= 15 is 0 Å². The smallest absolute Gasteiger partial charge is 0.0136 e. The average Bonchev–Trinajstić information content (AvgIpc) is 2.85. The van der Waals surface area contributed by atoms with Crippen molar-refractivity contribution in [2.75, 3.05) is 6.54 Å². The fourth-order valence-corrected chi connectivity index (χ4v) is 2.83. The summed E-state index contributed by atoms with van der Waals surface area (Å²) in [6.45, 7) is 1.27. The molecule has 3 unspecified atom stereocenters. The van der Waals surface area contributed by atoms with Crippen LogP contribution in [-0.4, -0.2) is 12.6 Å². The van der Waals surface area contributed by atoms with Gasteiger partial charge in [-0.25, -0.2) is 0 Å². The summed E-state index contributed by atoms with van der Waals surface area (Å²) in [6.07, 6.45) is 12.0. The highest BCUT2D eigenvalue weighted by Gasteiger charge is 2.40. The van der Waals surface area contributed by atoms with Crippen LogP contribution in [0.15, 0.2) is 12.2 Å². The quantitative estimate of drug-likeness (QED) is 0.650. The van der Waals surface area contributed by atoms with Crippen LogP contribution >= 0.6 is 0 Å². The summed E-state index contributed by atoms with van der Waals surface area (Å²) in [7, 11) is 0. The molecule has 3 atom stereocenters. The topological polar surface area (TPSA) is 12.0 Å². The van der Waals surface area contributed by atoms with E-state index in [-0.39, 0.29) is 0 Å². The number of fused-ring (bicyclic) bond motifs is 1. The lowest BCUT2D eigenvalue weighted by Gasteiger charge is -2.40. The lowest BCUT2D eigenvalue weighted by atomic mass is 9.71. The maximum absolute atomic E-state index is 3.71. The molecular formula is C12H19N. The van der Waals surface area contributed by atoms with Gasteiger partial charge in [-0.05, 0) is 43.6 Å². The predicted molar refractivity (Wildman–Crippen MR) is 54.5 cm³/mol. The van der Waals surface area contributed by atoms with Crippen LogP contribution in [0.25, 0.3) is 0 Å². The van der Waals surface area contributed by atoms with Crippen molar-refractivity contribution in [2.24, 2.45) is 17.8 Å². The van der Waals surface area contributed by atoms with Gasteiger partial charge in [0.25, 0.3) is 0 Å². The van der Waals surface area contributed by atoms with Crippen LogP contribution in [0.2, 0.25) is 0 Å². The first-order valence-electron chi connectivity index (χ1n) is 5.83. The van der Waals surface area contributed by atoms with E-state index in [2.05, 4.69) is 17.5 Å². The second-order valence-electron chi connectivity index (χ2n) is 5.03. The zero-order chi connectivity index (χ0) is 8.67.